The predicted molar refractivity (Wildman–Crippen MR) is 112 cm³/mol. The van der Waals surface area contributed by atoms with Crippen molar-refractivity contribution >= 4 is 21.8 Å². The Labute approximate surface area is 178 Å². The molecule has 0 aromatic carbocycles. The predicted octanol–water partition coefficient (Wildman–Crippen LogP) is 1.72. The van der Waals surface area contributed by atoms with E-state index < -0.39 is 10.0 Å². The van der Waals surface area contributed by atoms with Crippen LogP contribution in [0.25, 0.3) is 0 Å². The zero-order valence-corrected chi connectivity index (χ0v) is 18.5. The number of hydrogen-bond acceptors (Lipinski definition) is 4. The molecule has 0 unspecified atom stereocenters. The summed E-state index contributed by atoms with van der Waals surface area (Å²) < 4.78 is 29.3. The minimum absolute atomic E-state index is 0.0668. The Bertz CT molecular complexity index is 890. The van der Waals surface area contributed by atoms with Gasteiger partial charge in [-0.05, 0) is 44.6 Å². The molecule has 2 aliphatic heterocycles. The van der Waals surface area contributed by atoms with E-state index in [1.54, 1.807) is 16.5 Å². The number of sulfonamides is 1. The van der Waals surface area contributed by atoms with Crippen molar-refractivity contribution in [1.82, 2.24) is 19.1 Å². The molecule has 0 bridgehead atoms. The summed E-state index contributed by atoms with van der Waals surface area (Å²) in [5.74, 6) is -0.170. The quantitative estimate of drug-likeness (QED) is 0.761. The highest BCUT2D eigenvalue weighted by Gasteiger charge is 2.34. The summed E-state index contributed by atoms with van der Waals surface area (Å²) >= 11 is 0. The topological polar surface area (TPSA) is 91.7 Å². The Morgan fingerprint density at radius 1 is 0.967 bits per heavy atom. The van der Waals surface area contributed by atoms with Gasteiger partial charge in [0.25, 0.3) is 5.91 Å². The molecule has 1 N–H and O–H groups in total. The fourth-order valence-corrected chi connectivity index (χ4v) is 6.41. The molecule has 1 aromatic heterocycles. The molecule has 0 spiro atoms. The summed E-state index contributed by atoms with van der Waals surface area (Å²) in [5, 5.41) is 3.13. The first kappa shape index (κ1) is 21.4. The van der Waals surface area contributed by atoms with Crippen LogP contribution in [0.3, 0.4) is 0 Å². The lowest BCUT2D eigenvalue weighted by Gasteiger charge is -2.30. The van der Waals surface area contributed by atoms with Crippen molar-refractivity contribution in [3.63, 3.8) is 0 Å². The SMILES string of the molecule is Cn1cc(S(=O)(=O)N2CCC(C(=O)NC3CCCC3)CC2)cc1C(=O)N1CCCC1. The molecule has 9 heteroatoms. The van der Waals surface area contributed by atoms with Crippen LogP contribution in [0.5, 0.6) is 0 Å². The van der Waals surface area contributed by atoms with Gasteiger partial charge in [-0.25, -0.2) is 8.42 Å². The third-order valence-electron chi connectivity index (χ3n) is 6.76. The lowest BCUT2D eigenvalue weighted by molar-refractivity contribution is -0.126. The van der Waals surface area contributed by atoms with Crippen molar-refractivity contribution in [2.75, 3.05) is 26.2 Å². The van der Waals surface area contributed by atoms with Crippen molar-refractivity contribution in [2.45, 2.75) is 62.3 Å². The number of amides is 2. The molecule has 166 valence electrons. The average molecular weight is 437 g/mol. The van der Waals surface area contributed by atoms with Gasteiger partial charge >= 0.3 is 0 Å². The van der Waals surface area contributed by atoms with Crippen molar-refractivity contribution in [2.24, 2.45) is 13.0 Å². The summed E-state index contributed by atoms with van der Waals surface area (Å²) in [5.41, 5.74) is 0.404. The third-order valence-corrected chi connectivity index (χ3v) is 8.62. The lowest BCUT2D eigenvalue weighted by atomic mass is 9.97. The number of hydrogen-bond donors (Lipinski definition) is 1. The molecule has 3 fully saturated rings. The normalized spacial score (nSPS) is 22.0. The van der Waals surface area contributed by atoms with Gasteiger partial charge in [-0.2, -0.15) is 4.31 Å². The van der Waals surface area contributed by atoms with Crippen LogP contribution in [0.2, 0.25) is 0 Å². The fourth-order valence-electron chi connectivity index (χ4n) is 4.87. The highest BCUT2D eigenvalue weighted by atomic mass is 32.2. The molecule has 1 aliphatic carbocycles. The zero-order chi connectivity index (χ0) is 21.3. The summed E-state index contributed by atoms with van der Waals surface area (Å²) in [7, 11) is -1.97. The van der Waals surface area contributed by atoms with E-state index in [4.69, 9.17) is 0 Å². The van der Waals surface area contributed by atoms with E-state index in [1.807, 2.05) is 0 Å². The molecule has 2 amide bonds. The van der Waals surface area contributed by atoms with Crippen LogP contribution in [-0.4, -0.2) is 66.2 Å². The number of likely N-dealkylation sites (tertiary alicyclic amines) is 1. The van der Waals surface area contributed by atoms with Crippen molar-refractivity contribution in [3.05, 3.63) is 18.0 Å². The van der Waals surface area contributed by atoms with Gasteiger partial charge in [-0.1, -0.05) is 12.8 Å². The number of aromatic nitrogens is 1. The molecular weight excluding hydrogens is 404 g/mol. The maximum absolute atomic E-state index is 13.1. The van der Waals surface area contributed by atoms with Crippen molar-refractivity contribution in [3.8, 4) is 0 Å². The van der Waals surface area contributed by atoms with Crippen LogP contribution >= 0.6 is 0 Å². The van der Waals surface area contributed by atoms with Crippen LogP contribution in [-0.2, 0) is 21.9 Å². The number of nitrogens with one attached hydrogen (secondary N) is 1. The van der Waals surface area contributed by atoms with E-state index in [2.05, 4.69) is 5.32 Å². The second-order valence-corrected chi connectivity index (χ2v) is 10.8. The Balaban J connectivity index is 1.39. The van der Waals surface area contributed by atoms with E-state index in [1.165, 1.54) is 29.4 Å². The average Bonchev–Trinajstić information content (AvgIpc) is 3.50. The maximum Gasteiger partial charge on any atom is 0.270 e. The van der Waals surface area contributed by atoms with Gasteiger partial charge in [-0.15, -0.1) is 0 Å². The van der Waals surface area contributed by atoms with Gasteiger partial charge in [-0.3, -0.25) is 9.59 Å². The minimum Gasteiger partial charge on any atom is -0.353 e. The Morgan fingerprint density at radius 2 is 1.60 bits per heavy atom. The van der Waals surface area contributed by atoms with Crippen LogP contribution in [0.1, 0.15) is 61.9 Å². The molecule has 0 radical (unpaired) electrons. The second kappa shape index (κ2) is 8.70. The zero-order valence-electron chi connectivity index (χ0n) is 17.7. The summed E-state index contributed by atoms with van der Waals surface area (Å²) in [4.78, 5) is 27.1. The molecule has 1 aromatic rings. The number of carbonyl (C=O) groups is 2. The first-order valence-electron chi connectivity index (χ1n) is 11.1. The third kappa shape index (κ3) is 4.27. The monoisotopic (exact) mass is 436 g/mol. The standard InChI is InChI=1S/C21H32N4O4S/c1-23-15-18(14-19(23)21(27)24-10-4-5-11-24)30(28,29)25-12-8-16(9-13-25)20(26)22-17-6-2-3-7-17/h14-17H,2-13H2,1H3,(H,22,26). The lowest BCUT2D eigenvalue weighted by Crippen LogP contribution is -2.44. The molecule has 3 aliphatic rings. The number of piperidine rings is 1. The van der Waals surface area contributed by atoms with Crippen LogP contribution in [0.4, 0.5) is 0 Å². The molecule has 1 saturated carbocycles. The van der Waals surface area contributed by atoms with Crippen molar-refractivity contribution in [1.29, 1.82) is 0 Å². The minimum atomic E-state index is -3.68. The Morgan fingerprint density at radius 3 is 2.23 bits per heavy atom. The van der Waals surface area contributed by atoms with Gasteiger partial charge in [0.1, 0.15) is 10.6 Å². The number of carbonyl (C=O) groups excluding carboxylic acids is 2. The molecule has 4 rings (SSSR count). The smallest absolute Gasteiger partial charge is 0.270 e. The summed E-state index contributed by atoms with van der Waals surface area (Å²) in [6, 6.07) is 1.78. The molecule has 8 nitrogen and oxygen atoms in total. The Kier molecular flexibility index (Phi) is 6.20. The van der Waals surface area contributed by atoms with Gasteiger partial charge in [0.15, 0.2) is 0 Å². The largest absolute Gasteiger partial charge is 0.353 e. The molecule has 2 saturated heterocycles. The van der Waals surface area contributed by atoms with Gasteiger partial charge in [0.05, 0.1) is 0 Å². The molecule has 30 heavy (non-hydrogen) atoms. The molecule has 3 heterocycles. The second-order valence-electron chi connectivity index (χ2n) is 8.84. The van der Waals surface area contributed by atoms with E-state index in [9.17, 15) is 18.0 Å². The summed E-state index contributed by atoms with van der Waals surface area (Å²) in [6.07, 6.45) is 9.00. The van der Waals surface area contributed by atoms with Gasteiger partial charge in [0.2, 0.25) is 15.9 Å². The summed E-state index contributed by atoms with van der Waals surface area (Å²) in [6.45, 7) is 2.11. The van der Waals surface area contributed by atoms with E-state index >= 15 is 0 Å². The number of nitrogens with zero attached hydrogens (tertiary/aromatic N) is 3. The molecule has 0 atom stereocenters. The number of aryl methyl sites for hydroxylation is 1. The van der Waals surface area contributed by atoms with Crippen LogP contribution in [0, 0.1) is 5.92 Å². The van der Waals surface area contributed by atoms with E-state index in [-0.39, 0.29) is 28.7 Å². The van der Waals surface area contributed by atoms with Crippen LogP contribution in [0.15, 0.2) is 17.2 Å². The first-order chi connectivity index (χ1) is 14.4. The van der Waals surface area contributed by atoms with E-state index in [0.29, 0.717) is 31.6 Å². The Hall–Kier alpha value is -1.87. The first-order valence-corrected chi connectivity index (χ1v) is 12.6. The van der Waals surface area contributed by atoms with Gasteiger partial charge in [0, 0.05) is 51.4 Å². The van der Waals surface area contributed by atoms with E-state index in [0.717, 1.165) is 38.8 Å². The van der Waals surface area contributed by atoms with Crippen molar-refractivity contribution < 1.29 is 18.0 Å². The van der Waals surface area contributed by atoms with Gasteiger partial charge < -0.3 is 14.8 Å². The fraction of sp³-hybridized carbons (Fsp3) is 0.714. The molecular formula is C21H32N4O4S. The number of rotatable bonds is 5. The van der Waals surface area contributed by atoms with Crippen LogP contribution < -0.4 is 5.32 Å². The highest BCUT2D eigenvalue weighted by Crippen LogP contribution is 2.27. The maximum atomic E-state index is 13.1. The highest BCUT2D eigenvalue weighted by molar-refractivity contribution is 7.89.